The van der Waals surface area contributed by atoms with Crippen molar-refractivity contribution in [2.75, 3.05) is 0 Å². The lowest BCUT2D eigenvalue weighted by molar-refractivity contribution is 1.16. The van der Waals surface area contributed by atoms with Crippen LogP contribution in [0.15, 0.2) is 0 Å². The van der Waals surface area contributed by atoms with Gasteiger partial charge in [0.15, 0.2) is 7.38 Å². The van der Waals surface area contributed by atoms with Crippen LogP contribution >= 0.6 is 22.2 Å². The summed E-state index contributed by atoms with van der Waals surface area (Å²) in [6.07, 6.45) is 0. The molecule has 0 nitrogen and oxygen atoms in total. The first-order valence-corrected chi connectivity index (χ1v) is 17.1. The highest BCUT2D eigenvalue weighted by Gasteiger charge is 2.42. The van der Waals surface area contributed by atoms with Crippen LogP contribution in [0, 0.1) is 0 Å². The van der Waals surface area contributed by atoms with Gasteiger partial charge in [0.05, 0.1) is 0 Å². The molecule has 0 rings (SSSR count). The minimum Gasteiger partial charge on any atom is -0.168 e. The van der Waals surface area contributed by atoms with Crippen molar-refractivity contribution < 1.29 is 0 Å². The molecular formula is C9H24Cl2Si3. The average Bonchev–Trinajstić information content (AvgIpc) is 1.75. The average molecular weight is 287 g/mol. The minimum absolute atomic E-state index is 0.746. The second kappa shape index (κ2) is 4.62. The van der Waals surface area contributed by atoms with Crippen LogP contribution in [-0.2, 0) is 0 Å². The smallest absolute Gasteiger partial charge is 0.150 e. The van der Waals surface area contributed by atoms with E-state index in [2.05, 4.69) is 45.8 Å². The molecule has 86 valence electrons. The van der Waals surface area contributed by atoms with Crippen LogP contribution in [0.25, 0.3) is 0 Å². The first-order valence-electron chi connectivity index (χ1n) is 5.22. The molecule has 14 heavy (non-hydrogen) atoms. The number of hydrogen-bond donors (Lipinski definition) is 0. The fourth-order valence-electron chi connectivity index (χ4n) is 2.06. The van der Waals surface area contributed by atoms with Gasteiger partial charge < -0.3 is 0 Å². The van der Waals surface area contributed by atoms with Crippen LogP contribution in [0.4, 0.5) is 0 Å². The third-order valence-electron chi connectivity index (χ3n) is 2.56. The highest BCUT2D eigenvalue weighted by atomic mass is 35.6. The van der Waals surface area contributed by atoms with Crippen molar-refractivity contribution in [1.29, 1.82) is 0 Å². The van der Waals surface area contributed by atoms with Gasteiger partial charge in [0.2, 0.25) is 0 Å². The standard InChI is InChI=1S/C9H24Cl2Si3/c1-12(2,3)9(14(6,7)11)8-13(4,5)10/h9H,8H2,1-7H3. The van der Waals surface area contributed by atoms with Gasteiger partial charge in [-0.3, -0.25) is 0 Å². The first kappa shape index (κ1) is 15.2. The molecule has 0 aromatic rings. The maximum atomic E-state index is 6.63. The van der Waals surface area contributed by atoms with E-state index < -0.39 is 22.8 Å². The van der Waals surface area contributed by atoms with Gasteiger partial charge in [-0.05, 0) is 11.2 Å². The quantitative estimate of drug-likeness (QED) is 0.497. The van der Waals surface area contributed by atoms with E-state index >= 15 is 0 Å². The Balaban J connectivity index is 4.78. The van der Waals surface area contributed by atoms with E-state index in [4.69, 9.17) is 22.2 Å². The second-order valence-corrected chi connectivity index (χ2v) is 26.1. The van der Waals surface area contributed by atoms with E-state index in [9.17, 15) is 0 Å². The van der Waals surface area contributed by atoms with Crippen LogP contribution in [-0.4, -0.2) is 22.8 Å². The van der Waals surface area contributed by atoms with Crippen molar-refractivity contribution in [2.24, 2.45) is 0 Å². The lowest BCUT2D eigenvalue weighted by Crippen LogP contribution is -2.45. The Morgan fingerprint density at radius 1 is 0.857 bits per heavy atom. The Labute approximate surface area is 102 Å². The molecule has 0 heterocycles. The lowest BCUT2D eigenvalue weighted by atomic mass is 10.9. The van der Waals surface area contributed by atoms with E-state index in [1.807, 2.05) is 0 Å². The number of halogens is 2. The zero-order chi connectivity index (χ0) is 11.8. The van der Waals surface area contributed by atoms with Gasteiger partial charge in [0.25, 0.3) is 0 Å². The molecule has 0 fully saturated rings. The molecule has 0 aliphatic heterocycles. The molecule has 0 aromatic carbocycles. The van der Waals surface area contributed by atoms with Crippen LogP contribution in [0.1, 0.15) is 0 Å². The predicted octanol–water partition coefficient (Wildman–Crippen LogP) is 5.12. The van der Waals surface area contributed by atoms with E-state index in [0.717, 1.165) is 5.16 Å². The summed E-state index contributed by atoms with van der Waals surface area (Å²) >= 11 is 13.1. The lowest BCUT2D eigenvalue weighted by Gasteiger charge is -2.38. The highest BCUT2D eigenvalue weighted by molar-refractivity contribution is 7.26. The van der Waals surface area contributed by atoms with Crippen LogP contribution in [0.2, 0.25) is 57.0 Å². The zero-order valence-electron chi connectivity index (χ0n) is 10.5. The summed E-state index contributed by atoms with van der Waals surface area (Å²) in [5.41, 5.74) is 0. The molecule has 0 saturated carbocycles. The summed E-state index contributed by atoms with van der Waals surface area (Å²) in [7, 11) is -4.18. The Morgan fingerprint density at radius 2 is 1.21 bits per heavy atom. The molecule has 0 aliphatic rings. The zero-order valence-corrected chi connectivity index (χ0v) is 15.1. The summed E-state index contributed by atoms with van der Waals surface area (Å²) in [5.74, 6) is 0. The highest BCUT2D eigenvalue weighted by Crippen LogP contribution is 2.41. The summed E-state index contributed by atoms with van der Waals surface area (Å²) in [6, 6.07) is 1.20. The Kier molecular flexibility index (Phi) is 5.02. The molecule has 0 radical (unpaired) electrons. The fourth-order valence-corrected chi connectivity index (χ4v) is 23.6. The van der Waals surface area contributed by atoms with E-state index in [1.54, 1.807) is 0 Å². The van der Waals surface area contributed by atoms with Crippen molar-refractivity contribution in [3.63, 3.8) is 0 Å². The van der Waals surface area contributed by atoms with Crippen molar-refractivity contribution in [3.05, 3.63) is 0 Å². The molecule has 0 amide bonds. The SMILES string of the molecule is C[Si](C)(Cl)CC([Si](C)(C)C)[Si](C)(C)Cl. The number of rotatable bonds is 4. The molecule has 5 heteroatoms. The molecule has 1 atom stereocenters. The molecule has 0 spiro atoms. The van der Waals surface area contributed by atoms with Gasteiger partial charge in [0.1, 0.15) is 7.38 Å². The summed E-state index contributed by atoms with van der Waals surface area (Å²) < 4.78 is 0. The Hall–Kier alpha value is 1.23. The Morgan fingerprint density at radius 3 is 1.29 bits per heavy atom. The van der Waals surface area contributed by atoms with Gasteiger partial charge in [0, 0.05) is 8.07 Å². The van der Waals surface area contributed by atoms with E-state index in [0.29, 0.717) is 0 Å². The molecule has 0 aliphatic carbocycles. The summed E-state index contributed by atoms with van der Waals surface area (Å²) in [4.78, 5) is 0. The van der Waals surface area contributed by atoms with Crippen molar-refractivity contribution >= 4 is 45.0 Å². The van der Waals surface area contributed by atoms with Gasteiger partial charge >= 0.3 is 0 Å². The molecule has 0 aromatic heterocycles. The van der Waals surface area contributed by atoms with Crippen LogP contribution in [0.3, 0.4) is 0 Å². The Bertz CT molecular complexity index is 172. The maximum absolute atomic E-state index is 6.63. The third kappa shape index (κ3) is 5.95. The van der Waals surface area contributed by atoms with Gasteiger partial charge in [-0.2, -0.15) is 22.2 Å². The van der Waals surface area contributed by atoms with Crippen LogP contribution < -0.4 is 0 Å². The van der Waals surface area contributed by atoms with Gasteiger partial charge in [-0.15, -0.1) is 0 Å². The van der Waals surface area contributed by atoms with Gasteiger partial charge in [-0.1, -0.05) is 45.8 Å². The molecule has 1 unspecified atom stereocenters. The molecule has 0 N–H and O–H groups in total. The number of hydrogen-bond acceptors (Lipinski definition) is 0. The molecular weight excluding hydrogens is 263 g/mol. The van der Waals surface area contributed by atoms with Crippen molar-refractivity contribution in [3.8, 4) is 0 Å². The maximum Gasteiger partial charge on any atom is 0.150 e. The van der Waals surface area contributed by atoms with Crippen molar-refractivity contribution in [2.45, 2.75) is 57.0 Å². The third-order valence-corrected chi connectivity index (χ3v) is 15.5. The van der Waals surface area contributed by atoms with E-state index in [1.165, 1.54) is 6.04 Å². The summed E-state index contributed by atoms with van der Waals surface area (Å²) in [5, 5.41) is 0.746. The minimum atomic E-state index is -1.55. The van der Waals surface area contributed by atoms with Crippen molar-refractivity contribution in [1.82, 2.24) is 0 Å². The van der Waals surface area contributed by atoms with Crippen LogP contribution in [0.5, 0.6) is 0 Å². The summed E-state index contributed by atoms with van der Waals surface area (Å²) in [6.45, 7) is 16.3. The molecule has 0 saturated heterocycles. The van der Waals surface area contributed by atoms with Gasteiger partial charge in [-0.25, -0.2) is 0 Å². The topological polar surface area (TPSA) is 0 Å². The fraction of sp³-hybridized carbons (Fsp3) is 1.00. The largest absolute Gasteiger partial charge is 0.168 e. The van der Waals surface area contributed by atoms with E-state index in [-0.39, 0.29) is 0 Å². The monoisotopic (exact) mass is 286 g/mol. The predicted molar refractivity (Wildman–Crippen MR) is 78.6 cm³/mol. The first-order chi connectivity index (χ1) is 5.84. The second-order valence-electron chi connectivity index (χ2n) is 6.41. The normalized spacial score (nSPS) is 16.9. The molecule has 0 bridgehead atoms.